The third kappa shape index (κ3) is 6.95. The molecule has 0 saturated carbocycles. The Bertz CT molecular complexity index is 744. The minimum atomic E-state index is -0.488. The monoisotopic (exact) mass is 373 g/mol. The summed E-state index contributed by atoms with van der Waals surface area (Å²) in [6.45, 7) is 0.307. The topological polar surface area (TPSA) is 105 Å². The van der Waals surface area contributed by atoms with Crippen LogP contribution in [0.5, 0.6) is 0 Å². The van der Waals surface area contributed by atoms with Crippen LogP contribution in [0, 0.1) is 0 Å². The summed E-state index contributed by atoms with van der Waals surface area (Å²) in [5, 5.41) is 7.84. The van der Waals surface area contributed by atoms with Crippen LogP contribution in [0.3, 0.4) is 0 Å². The molecule has 0 aliphatic heterocycles. The van der Waals surface area contributed by atoms with Crippen LogP contribution in [0.15, 0.2) is 53.1 Å². The van der Waals surface area contributed by atoms with Gasteiger partial charge in [0.1, 0.15) is 12.6 Å². The second-order valence-electron chi connectivity index (χ2n) is 6.38. The molecule has 0 saturated heterocycles. The van der Waals surface area contributed by atoms with Gasteiger partial charge in [-0.05, 0) is 17.7 Å². The molecule has 27 heavy (non-hydrogen) atoms. The molecule has 8 heteroatoms. The molecule has 1 heterocycles. The molecule has 0 bridgehead atoms. The number of benzene rings is 1. The molecule has 0 spiro atoms. The Labute approximate surface area is 157 Å². The van der Waals surface area contributed by atoms with Crippen LogP contribution >= 0.6 is 0 Å². The molecule has 0 radical (unpaired) electrons. The van der Waals surface area contributed by atoms with Gasteiger partial charge in [-0.3, -0.25) is 14.4 Å². The Morgan fingerprint density at radius 1 is 0.963 bits per heavy atom. The molecule has 2 rings (SSSR count). The summed E-state index contributed by atoms with van der Waals surface area (Å²) in [7, 11) is 4.01. The van der Waals surface area contributed by atoms with Gasteiger partial charge in [0.25, 0.3) is 5.91 Å². The number of nitrogens with one attached hydrogen (secondary N) is 4. The van der Waals surface area contributed by atoms with Crippen LogP contribution in [0.25, 0.3) is 0 Å². The molecule has 1 aromatic carbocycles. The third-order valence-corrected chi connectivity index (χ3v) is 3.75. The first kappa shape index (κ1) is 20.2. The maximum absolute atomic E-state index is 12.2. The fourth-order valence-electron chi connectivity index (χ4n) is 2.49. The van der Waals surface area contributed by atoms with Crippen molar-refractivity contribution < 1.29 is 23.7 Å². The predicted molar refractivity (Wildman–Crippen MR) is 99.1 cm³/mol. The van der Waals surface area contributed by atoms with Crippen LogP contribution in [-0.4, -0.2) is 51.5 Å². The van der Waals surface area contributed by atoms with Gasteiger partial charge in [0, 0.05) is 0 Å². The Morgan fingerprint density at radius 3 is 2.30 bits per heavy atom. The number of carbonyl (C=O) groups is 3. The lowest BCUT2D eigenvalue weighted by Gasteiger charge is -2.21. The van der Waals surface area contributed by atoms with Crippen molar-refractivity contribution in [3.05, 3.63) is 60.1 Å². The summed E-state index contributed by atoms with van der Waals surface area (Å²) in [6, 6.07) is 12.6. The van der Waals surface area contributed by atoms with E-state index in [1.54, 1.807) is 6.07 Å². The maximum atomic E-state index is 12.2. The van der Waals surface area contributed by atoms with Crippen molar-refractivity contribution in [1.82, 2.24) is 16.0 Å². The van der Waals surface area contributed by atoms with E-state index in [4.69, 9.17) is 4.42 Å². The van der Waals surface area contributed by atoms with Crippen LogP contribution in [0.2, 0.25) is 0 Å². The van der Waals surface area contributed by atoms with Crippen molar-refractivity contribution in [2.24, 2.45) is 0 Å². The Hall–Kier alpha value is -3.13. The highest BCUT2D eigenvalue weighted by Crippen LogP contribution is 2.10. The molecule has 1 aromatic heterocycles. The fraction of sp³-hybridized carbons (Fsp3) is 0.316. The standard InChI is InChI=1S/C19H24N4O4/c1-23(2)13-15(14-7-4-3-5-8-14)22-18(25)12-20-17(24)11-21-19(26)16-9-6-10-27-16/h3-10,15H,11-13H2,1-2H3,(H,20,24)(H,21,26)(H,22,25)/p+1/t15-/m0/s1. The molecule has 4 N–H and O–H groups in total. The minimum absolute atomic E-state index is 0.123. The number of furan rings is 1. The molecule has 1 atom stereocenters. The first-order valence-electron chi connectivity index (χ1n) is 8.67. The van der Waals surface area contributed by atoms with Gasteiger partial charge in [0.05, 0.1) is 33.4 Å². The summed E-state index contributed by atoms with van der Waals surface area (Å²) < 4.78 is 4.93. The molecule has 2 aromatic rings. The second kappa shape index (κ2) is 10.1. The lowest BCUT2D eigenvalue weighted by atomic mass is 10.1. The van der Waals surface area contributed by atoms with E-state index in [0.29, 0.717) is 6.54 Å². The summed E-state index contributed by atoms with van der Waals surface area (Å²) in [5.74, 6) is -1.12. The van der Waals surface area contributed by atoms with Crippen LogP contribution < -0.4 is 20.9 Å². The van der Waals surface area contributed by atoms with Gasteiger partial charge in [-0.2, -0.15) is 0 Å². The van der Waals surface area contributed by atoms with E-state index in [1.807, 2.05) is 44.4 Å². The lowest BCUT2D eigenvalue weighted by Crippen LogP contribution is -3.06. The van der Waals surface area contributed by atoms with E-state index in [-0.39, 0.29) is 30.8 Å². The zero-order valence-corrected chi connectivity index (χ0v) is 15.5. The lowest BCUT2D eigenvalue weighted by molar-refractivity contribution is -0.860. The number of hydrogen-bond donors (Lipinski definition) is 4. The molecule has 0 aliphatic carbocycles. The SMILES string of the molecule is C[NH+](C)C[C@H](NC(=O)CNC(=O)CNC(=O)c1ccco1)c1ccccc1. The summed E-state index contributed by atoms with van der Waals surface area (Å²) in [5.41, 5.74) is 1.00. The van der Waals surface area contributed by atoms with Gasteiger partial charge >= 0.3 is 0 Å². The minimum Gasteiger partial charge on any atom is -0.459 e. The largest absolute Gasteiger partial charge is 0.459 e. The quantitative estimate of drug-likeness (QED) is 0.459. The predicted octanol–water partition coefficient (Wildman–Crippen LogP) is -0.872. The van der Waals surface area contributed by atoms with Crippen molar-refractivity contribution in [3.8, 4) is 0 Å². The fourth-order valence-corrected chi connectivity index (χ4v) is 2.49. The first-order valence-corrected chi connectivity index (χ1v) is 8.67. The van der Waals surface area contributed by atoms with Gasteiger partial charge in [-0.25, -0.2) is 0 Å². The van der Waals surface area contributed by atoms with Crippen LogP contribution in [0.4, 0.5) is 0 Å². The Kier molecular flexibility index (Phi) is 7.57. The van der Waals surface area contributed by atoms with E-state index in [0.717, 1.165) is 5.56 Å². The van der Waals surface area contributed by atoms with Gasteiger partial charge < -0.3 is 25.3 Å². The van der Waals surface area contributed by atoms with Crippen molar-refractivity contribution in [2.45, 2.75) is 6.04 Å². The van der Waals surface area contributed by atoms with Gasteiger partial charge in [0.2, 0.25) is 11.8 Å². The zero-order chi connectivity index (χ0) is 19.6. The normalized spacial score (nSPS) is 11.7. The highest BCUT2D eigenvalue weighted by atomic mass is 16.3. The van der Waals surface area contributed by atoms with E-state index in [2.05, 4.69) is 16.0 Å². The van der Waals surface area contributed by atoms with Crippen molar-refractivity contribution in [3.63, 3.8) is 0 Å². The van der Waals surface area contributed by atoms with E-state index in [9.17, 15) is 14.4 Å². The van der Waals surface area contributed by atoms with Gasteiger partial charge in [-0.15, -0.1) is 0 Å². The molecule has 3 amide bonds. The molecule has 144 valence electrons. The zero-order valence-electron chi connectivity index (χ0n) is 15.5. The van der Waals surface area contributed by atoms with Crippen molar-refractivity contribution in [2.75, 3.05) is 33.7 Å². The van der Waals surface area contributed by atoms with Crippen molar-refractivity contribution >= 4 is 17.7 Å². The van der Waals surface area contributed by atoms with Crippen molar-refractivity contribution in [1.29, 1.82) is 0 Å². The average Bonchev–Trinajstić information content (AvgIpc) is 3.19. The van der Waals surface area contributed by atoms with Gasteiger partial charge in [0.15, 0.2) is 5.76 Å². The highest BCUT2D eigenvalue weighted by molar-refractivity contribution is 5.94. The average molecular weight is 373 g/mol. The van der Waals surface area contributed by atoms with E-state index < -0.39 is 11.8 Å². The number of carbonyl (C=O) groups excluding carboxylic acids is 3. The smallest absolute Gasteiger partial charge is 0.287 e. The molecular weight excluding hydrogens is 348 g/mol. The summed E-state index contributed by atoms with van der Waals surface area (Å²) in [4.78, 5) is 36.9. The second-order valence-corrected chi connectivity index (χ2v) is 6.38. The summed E-state index contributed by atoms with van der Waals surface area (Å²) >= 11 is 0. The number of likely N-dealkylation sites (N-methyl/N-ethyl adjacent to an activating group) is 1. The Morgan fingerprint density at radius 2 is 1.67 bits per heavy atom. The number of hydrogen-bond acceptors (Lipinski definition) is 4. The molecular formula is C19H25N4O4+. The van der Waals surface area contributed by atoms with Crippen LogP contribution in [0.1, 0.15) is 22.2 Å². The Balaban J connectivity index is 1.77. The maximum Gasteiger partial charge on any atom is 0.287 e. The highest BCUT2D eigenvalue weighted by Gasteiger charge is 2.18. The third-order valence-electron chi connectivity index (χ3n) is 3.75. The number of quaternary nitrogens is 1. The molecule has 0 fully saturated rings. The van der Waals surface area contributed by atoms with Gasteiger partial charge in [-0.1, -0.05) is 30.3 Å². The number of amides is 3. The first-order chi connectivity index (χ1) is 13.0. The van der Waals surface area contributed by atoms with E-state index in [1.165, 1.54) is 17.2 Å². The molecule has 8 nitrogen and oxygen atoms in total. The van der Waals surface area contributed by atoms with E-state index >= 15 is 0 Å². The molecule has 0 aliphatic rings. The van der Waals surface area contributed by atoms with Crippen LogP contribution in [-0.2, 0) is 9.59 Å². The summed E-state index contributed by atoms with van der Waals surface area (Å²) in [6.07, 6.45) is 1.37. The molecule has 0 unspecified atom stereocenters. The number of rotatable bonds is 9.